The molecule has 140 valence electrons. The Kier molecular flexibility index (Phi) is 5.39. The molecule has 0 amide bonds. The van der Waals surface area contributed by atoms with Crippen molar-refractivity contribution in [1.82, 2.24) is 9.97 Å². The number of nitrogens with one attached hydrogen (secondary N) is 1. The Balaban J connectivity index is 1.89. The third-order valence-electron chi connectivity index (χ3n) is 4.56. The van der Waals surface area contributed by atoms with E-state index in [0.29, 0.717) is 23.9 Å². The van der Waals surface area contributed by atoms with E-state index < -0.39 is 9.84 Å². The molecule has 1 aliphatic rings. The molecule has 2 heterocycles. The molecule has 0 bridgehead atoms. The Morgan fingerprint density at radius 3 is 2.65 bits per heavy atom. The summed E-state index contributed by atoms with van der Waals surface area (Å²) < 4.78 is 23.7. The minimum Gasteiger partial charge on any atom is -0.353 e. The Labute approximate surface area is 159 Å². The molecular weight excluding hydrogens is 372 g/mol. The van der Waals surface area contributed by atoms with Gasteiger partial charge in [0.05, 0.1) is 11.5 Å². The summed E-state index contributed by atoms with van der Waals surface area (Å²) in [7, 11) is -2.95. The number of aryl methyl sites for hydroxylation is 2. The van der Waals surface area contributed by atoms with Crippen LogP contribution in [0.3, 0.4) is 0 Å². The van der Waals surface area contributed by atoms with Gasteiger partial charge in [0.2, 0.25) is 5.95 Å². The number of hydrogen-bond acceptors (Lipinski definition) is 6. The normalized spacial score (nSPS) is 18.7. The van der Waals surface area contributed by atoms with E-state index in [1.54, 1.807) is 0 Å². The average Bonchev–Trinajstić information content (AvgIpc) is 2.90. The van der Waals surface area contributed by atoms with Gasteiger partial charge in [0.1, 0.15) is 5.82 Å². The Bertz CT molecular complexity index is 917. The molecule has 0 aliphatic carbocycles. The van der Waals surface area contributed by atoms with Crippen LogP contribution in [0, 0.1) is 13.8 Å². The minimum absolute atomic E-state index is 0.0376. The van der Waals surface area contributed by atoms with Crippen LogP contribution in [0.5, 0.6) is 0 Å². The van der Waals surface area contributed by atoms with Crippen LogP contribution >= 0.6 is 11.6 Å². The van der Waals surface area contributed by atoms with E-state index >= 15 is 0 Å². The third kappa shape index (κ3) is 4.27. The fourth-order valence-electron chi connectivity index (χ4n) is 3.27. The number of nitrogens with zero attached hydrogens (tertiary/aromatic N) is 3. The van der Waals surface area contributed by atoms with E-state index in [4.69, 9.17) is 11.6 Å². The van der Waals surface area contributed by atoms with Crippen LogP contribution in [0.2, 0.25) is 5.02 Å². The maximum absolute atomic E-state index is 11.9. The topological polar surface area (TPSA) is 75.2 Å². The van der Waals surface area contributed by atoms with Crippen molar-refractivity contribution in [2.45, 2.75) is 33.2 Å². The number of benzene rings is 1. The van der Waals surface area contributed by atoms with E-state index in [1.807, 2.05) is 45.0 Å². The van der Waals surface area contributed by atoms with Crippen LogP contribution in [-0.4, -0.2) is 42.5 Å². The first-order valence-electron chi connectivity index (χ1n) is 8.63. The second-order valence-corrected chi connectivity index (χ2v) is 9.28. The van der Waals surface area contributed by atoms with Crippen molar-refractivity contribution in [2.24, 2.45) is 0 Å². The smallest absolute Gasteiger partial charge is 0.229 e. The summed E-state index contributed by atoms with van der Waals surface area (Å²) in [6, 6.07) is 7.44. The van der Waals surface area contributed by atoms with Crippen LogP contribution in [-0.2, 0) is 9.84 Å². The number of halogens is 1. The molecule has 1 aromatic heterocycles. The largest absolute Gasteiger partial charge is 0.353 e. The minimum atomic E-state index is -2.95. The zero-order chi connectivity index (χ0) is 18.9. The lowest BCUT2D eigenvalue weighted by molar-refractivity contribution is 0.599. The summed E-state index contributed by atoms with van der Waals surface area (Å²) >= 11 is 6.01. The van der Waals surface area contributed by atoms with Crippen LogP contribution < -0.4 is 10.2 Å². The second-order valence-electron chi connectivity index (χ2n) is 6.62. The van der Waals surface area contributed by atoms with Crippen LogP contribution in [0.15, 0.2) is 24.3 Å². The molecular formula is C18H23ClN4O2S. The molecule has 1 unspecified atom stereocenters. The van der Waals surface area contributed by atoms with E-state index in [-0.39, 0.29) is 17.5 Å². The lowest BCUT2D eigenvalue weighted by Gasteiger charge is -2.28. The predicted molar refractivity (Wildman–Crippen MR) is 106 cm³/mol. The van der Waals surface area contributed by atoms with Crippen LogP contribution in [0.1, 0.15) is 24.6 Å². The summed E-state index contributed by atoms with van der Waals surface area (Å²) in [5.74, 6) is 1.66. The van der Waals surface area contributed by atoms with E-state index in [9.17, 15) is 8.42 Å². The first-order chi connectivity index (χ1) is 12.3. The molecule has 0 spiro atoms. The van der Waals surface area contributed by atoms with Crippen molar-refractivity contribution < 1.29 is 8.42 Å². The number of rotatable bonds is 5. The first kappa shape index (κ1) is 18.9. The number of aromatic nitrogens is 2. The quantitative estimate of drug-likeness (QED) is 0.836. The summed E-state index contributed by atoms with van der Waals surface area (Å²) in [5.41, 5.74) is 2.71. The van der Waals surface area contributed by atoms with Crippen molar-refractivity contribution >= 4 is 38.9 Å². The molecule has 1 N–H and O–H groups in total. The highest BCUT2D eigenvalue weighted by Crippen LogP contribution is 2.26. The van der Waals surface area contributed by atoms with Crippen molar-refractivity contribution in [1.29, 1.82) is 0 Å². The molecule has 1 saturated heterocycles. The molecule has 3 rings (SSSR count). The van der Waals surface area contributed by atoms with Crippen molar-refractivity contribution in [3.8, 4) is 0 Å². The van der Waals surface area contributed by atoms with Crippen LogP contribution in [0.25, 0.3) is 0 Å². The lowest BCUT2D eigenvalue weighted by atomic mass is 10.2. The van der Waals surface area contributed by atoms with Gasteiger partial charge < -0.3 is 10.2 Å². The highest BCUT2D eigenvalue weighted by molar-refractivity contribution is 7.91. The van der Waals surface area contributed by atoms with Gasteiger partial charge in [-0.25, -0.2) is 13.4 Å². The highest BCUT2D eigenvalue weighted by Gasteiger charge is 2.32. The molecule has 6 nitrogen and oxygen atoms in total. The molecule has 0 saturated carbocycles. The molecule has 1 aliphatic heterocycles. The maximum Gasteiger partial charge on any atom is 0.229 e. The average molecular weight is 395 g/mol. The number of sulfone groups is 1. The Hall–Kier alpha value is -1.86. The van der Waals surface area contributed by atoms with Crippen molar-refractivity contribution in [2.75, 3.05) is 28.3 Å². The Morgan fingerprint density at radius 2 is 2.04 bits per heavy atom. The molecule has 8 heteroatoms. The van der Waals surface area contributed by atoms with Crippen molar-refractivity contribution in [3.63, 3.8) is 0 Å². The maximum atomic E-state index is 11.9. The number of hydrogen-bond donors (Lipinski definition) is 1. The van der Waals surface area contributed by atoms with Crippen molar-refractivity contribution in [3.05, 3.63) is 40.5 Å². The van der Waals surface area contributed by atoms with Gasteiger partial charge in [-0.3, -0.25) is 0 Å². The summed E-state index contributed by atoms with van der Waals surface area (Å²) in [4.78, 5) is 11.2. The zero-order valence-electron chi connectivity index (χ0n) is 15.2. The monoisotopic (exact) mass is 394 g/mol. The summed E-state index contributed by atoms with van der Waals surface area (Å²) in [6.45, 7) is 6.58. The van der Waals surface area contributed by atoms with Gasteiger partial charge in [0.15, 0.2) is 9.84 Å². The van der Waals surface area contributed by atoms with E-state index in [0.717, 1.165) is 22.8 Å². The zero-order valence-corrected chi connectivity index (χ0v) is 16.7. The van der Waals surface area contributed by atoms with Gasteiger partial charge in [-0.15, -0.1) is 0 Å². The molecule has 1 atom stereocenters. The second kappa shape index (κ2) is 7.40. The van der Waals surface area contributed by atoms with Gasteiger partial charge >= 0.3 is 0 Å². The fraction of sp³-hybridized carbons (Fsp3) is 0.444. The molecule has 1 fully saturated rings. The fourth-order valence-corrected chi connectivity index (χ4v) is 5.23. The molecule has 26 heavy (non-hydrogen) atoms. The molecule has 2 aromatic rings. The van der Waals surface area contributed by atoms with Gasteiger partial charge in [0, 0.05) is 35.1 Å². The van der Waals surface area contributed by atoms with E-state index in [2.05, 4.69) is 20.2 Å². The van der Waals surface area contributed by atoms with Gasteiger partial charge in [-0.1, -0.05) is 11.6 Å². The lowest BCUT2D eigenvalue weighted by Crippen LogP contribution is -2.37. The van der Waals surface area contributed by atoms with E-state index in [1.165, 1.54) is 0 Å². The summed E-state index contributed by atoms with van der Waals surface area (Å²) in [5, 5.41) is 3.92. The van der Waals surface area contributed by atoms with Gasteiger partial charge in [-0.2, -0.15) is 4.98 Å². The predicted octanol–water partition coefficient (Wildman–Crippen LogP) is 3.50. The Morgan fingerprint density at radius 1 is 1.27 bits per heavy atom. The molecule has 1 aromatic carbocycles. The SMILES string of the molecule is CCN(c1cc(C)nc(Nc2ccc(Cl)cc2C)n1)C1CCS(=O)(=O)C1. The third-order valence-corrected chi connectivity index (χ3v) is 6.55. The van der Waals surface area contributed by atoms with Gasteiger partial charge in [0.25, 0.3) is 0 Å². The summed E-state index contributed by atoms with van der Waals surface area (Å²) in [6.07, 6.45) is 0.637. The molecule has 0 radical (unpaired) electrons. The standard InChI is InChI=1S/C18H23ClN4O2S/c1-4-23(15-7-8-26(24,25)11-15)17-10-13(3)20-18(22-17)21-16-6-5-14(19)9-12(16)2/h5-6,9-10,15H,4,7-8,11H2,1-3H3,(H,20,21,22). The number of anilines is 3. The van der Waals surface area contributed by atoms with Crippen LogP contribution in [0.4, 0.5) is 17.5 Å². The van der Waals surface area contributed by atoms with Gasteiger partial charge in [-0.05, 0) is 51.0 Å². The first-order valence-corrected chi connectivity index (χ1v) is 10.8. The highest BCUT2D eigenvalue weighted by atomic mass is 35.5.